The third-order valence-corrected chi connectivity index (χ3v) is 7.08. The minimum Gasteiger partial charge on any atom is -0.497 e. The first-order valence-electron chi connectivity index (χ1n) is 10.0. The summed E-state index contributed by atoms with van der Waals surface area (Å²) < 4.78 is 10.4. The maximum atomic E-state index is 13.4. The van der Waals surface area contributed by atoms with Gasteiger partial charge in [0.25, 0.3) is 0 Å². The van der Waals surface area contributed by atoms with Gasteiger partial charge in [0.2, 0.25) is 0 Å². The molecule has 6 heteroatoms. The van der Waals surface area contributed by atoms with Gasteiger partial charge in [-0.25, -0.2) is 4.79 Å². The lowest BCUT2D eigenvalue weighted by molar-refractivity contribution is -0.136. The van der Waals surface area contributed by atoms with Crippen molar-refractivity contribution in [3.8, 4) is 5.75 Å². The number of fused-ring (bicyclic) bond motifs is 1. The number of rotatable bonds is 4. The highest BCUT2D eigenvalue weighted by atomic mass is 32.1. The van der Waals surface area contributed by atoms with Crippen LogP contribution < -0.4 is 4.74 Å². The fraction of sp³-hybridized carbons (Fsp3) is 0.375. The first-order valence-corrected chi connectivity index (χ1v) is 10.8. The normalized spacial score (nSPS) is 23.7. The van der Waals surface area contributed by atoms with Crippen LogP contribution in [0.2, 0.25) is 0 Å². The van der Waals surface area contributed by atoms with Crippen LogP contribution in [0.4, 0.5) is 0 Å². The molecule has 156 valence electrons. The van der Waals surface area contributed by atoms with Crippen molar-refractivity contribution in [3.05, 3.63) is 63.0 Å². The number of esters is 1. The summed E-state index contributed by atoms with van der Waals surface area (Å²) in [6.45, 7) is 3.87. The van der Waals surface area contributed by atoms with E-state index in [2.05, 4.69) is 0 Å². The highest BCUT2D eigenvalue weighted by Gasteiger charge is 2.46. The van der Waals surface area contributed by atoms with Gasteiger partial charge in [0, 0.05) is 33.5 Å². The van der Waals surface area contributed by atoms with Crippen LogP contribution in [-0.2, 0) is 14.3 Å². The van der Waals surface area contributed by atoms with E-state index in [0.717, 1.165) is 26.8 Å². The van der Waals surface area contributed by atoms with Crippen LogP contribution in [0.1, 0.15) is 46.9 Å². The Morgan fingerprint density at radius 2 is 1.90 bits per heavy atom. The number of ether oxygens (including phenoxy) is 2. The predicted octanol–water partition coefficient (Wildman–Crippen LogP) is 4.81. The maximum absolute atomic E-state index is 13.4. The molecule has 2 aliphatic rings. The second kappa shape index (κ2) is 8.19. The Labute approximate surface area is 180 Å². The second-order valence-electron chi connectivity index (χ2n) is 7.85. The smallest absolute Gasteiger partial charge is 0.336 e. The number of aliphatic imine (C=N–C) groups is 1. The van der Waals surface area contributed by atoms with E-state index in [-0.39, 0.29) is 17.6 Å². The van der Waals surface area contributed by atoms with Crippen molar-refractivity contribution < 1.29 is 19.1 Å². The van der Waals surface area contributed by atoms with E-state index in [4.69, 9.17) is 14.5 Å². The van der Waals surface area contributed by atoms with Crippen LogP contribution in [0.25, 0.3) is 0 Å². The van der Waals surface area contributed by atoms with Gasteiger partial charge in [-0.05, 0) is 56.0 Å². The number of methoxy groups -OCH3 is 2. The molecule has 1 saturated carbocycles. The summed E-state index contributed by atoms with van der Waals surface area (Å²) in [4.78, 5) is 33.0. The van der Waals surface area contributed by atoms with Crippen LogP contribution in [0.3, 0.4) is 0 Å². The van der Waals surface area contributed by atoms with E-state index in [1.54, 1.807) is 18.4 Å². The molecule has 3 atom stereocenters. The Balaban J connectivity index is 1.77. The van der Waals surface area contributed by atoms with Crippen LogP contribution >= 0.6 is 11.3 Å². The van der Waals surface area contributed by atoms with Crippen LogP contribution in [0, 0.1) is 12.8 Å². The van der Waals surface area contributed by atoms with Crippen LogP contribution in [-0.4, -0.2) is 31.7 Å². The number of carbonyl (C=O) groups excluding carboxylic acids is 2. The van der Waals surface area contributed by atoms with Crippen molar-refractivity contribution >= 4 is 28.8 Å². The van der Waals surface area contributed by atoms with E-state index in [9.17, 15) is 9.59 Å². The highest BCUT2D eigenvalue weighted by Crippen LogP contribution is 2.47. The van der Waals surface area contributed by atoms with E-state index >= 15 is 0 Å². The largest absolute Gasteiger partial charge is 0.497 e. The van der Waals surface area contributed by atoms with Crippen molar-refractivity contribution in [3.63, 3.8) is 0 Å². The predicted molar refractivity (Wildman–Crippen MR) is 117 cm³/mol. The summed E-state index contributed by atoms with van der Waals surface area (Å²) in [5, 5.41) is 0. The molecule has 0 N–H and O–H groups in total. The van der Waals surface area contributed by atoms with E-state index in [0.29, 0.717) is 24.1 Å². The lowest BCUT2D eigenvalue weighted by Crippen LogP contribution is -2.40. The molecule has 2 aromatic rings. The number of Topliss-reactive ketones (excluding diaryl/α,β-unsaturated/α-hetero) is 1. The van der Waals surface area contributed by atoms with E-state index in [1.807, 2.05) is 50.2 Å². The Morgan fingerprint density at radius 3 is 2.57 bits per heavy atom. The molecule has 1 aromatic heterocycles. The monoisotopic (exact) mass is 423 g/mol. The van der Waals surface area contributed by atoms with Crippen molar-refractivity contribution in [1.29, 1.82) is 0 Å². The van der Waals surface area contributed by atoms with Gasteiger partial charge in [0.15, 0.2) is 0 Å². The van der Waals surface area contributed by atoms with Crippen molar-refractivity contribution in [2.45, 2.75) is 38.5 Å². The number of thiophene rings is 1. The van der Waals surface area contributed by atoms with Gasteiger partial charge in [-0.15, -0.1) is 11.3 Å². The third kappa shape index (κ3) is 3.60. The summed E-state index contributed by atoms with van der Waals surface area (Å²) in [6.07, 6.45) is 1.11. The number of allylic oxidation sites excluding steroid dienone is 1. The summed E-state index contributed by atoms with van der Waals surface area (Å²) in [5.74, 6) is -0.193. The Hall–Kier alpha value is -2.73. The minimum atomic E-state index is -0.414. The van der Waals surface area contributed by atoms with E-state index in [1.165, 1.54) is 7.11 Å². The standard InChI is InChI=1S/C24H25NO4S/c1-13-8-9-20(30-13)23-21(24(27)29-4)14(2)25-18-11-16(12-19(26)22(18)23)15-6-5-7-17(10-15)28-3/h5-10,16,22-23H,11-12H2,1-4H3/t16-,22?,23+/m0/s1. The zero-order valence-corrected chi connectivity index (χ0v) is 18.4. The number of ketones is 1. The Kier molecular flexibility index (Phi) is 5.60. The van der Waals surface area contributed by atoms with Gasteiger partial charge in [0.1, 0.15) is 11.5 Å². The van der Waals surface area contributed by atoms with Crippen LogP contribution in [0.5, 0.6) is 5.75 Å². The molecular formula is C24H25NO4S. The van der Waals surface area contributed by atoms with Crippen molar-refractivity contribution in [2.75, 3.05) is 14.2 Å². The van der Waals surface area contributed by atoms with Crippen molar-refractivity contribution in [2.24, 2.45) is 10.9 Å². The Bertz CT molecular complexity index is 1060. The lowest BCUT2D eigenvalue weighted by Gasteiger charge is -2.37. The number of benzene rings is 1. The third-order valence-electron chi connectivity index (χ3n) is 5.99. The molecule has 1 unspecified atom stereocenters. The average Bonchev–Trinajstić information content (AvgIpc) is 3.18. The van der Waals surface area contributed by atoms with Gasteiger partial charge in [-0.1, -0.05) is 12.1 Å². The van der Waals surface area contributed by atoms with Gasteiger partial charge >= 0.3 is 5.97 Å². The molecule has 2 heterocycles. The quantitative estimate of drug-likeness (QED) is 0.662. The molecule has 0 bridgehead atoms. The first kappa shape index (κ1) is 20.5. The number of carbonyl (C=O) groups is 2. The number of hydrogen-bond donors (Lipinski definition) is 0. The fourth-order valence-corrected chi connectivity index (χ4v) is 5.64. The molecule has 1 aliphatic heterocycles. The summed E-state index contributed by atoms with van der Waals surface area (Å²) >= 11 is 1.62. The molecular weight excluding hydrogens is 398 g/mol. The first-order chi connectivity index (χ1) is 14.4. The van der Waals surface area contributed by atoms with Gasteiger partial charge in [-0.2, -0.15) is 0 Å². The van der Waals surface area contributed by atoms with Crippen molar-refractivity contribution in [1.82, 2.24) is 0 Å². The van der Waals surface area contributed by atoms with Gasteiger partial charge in [0.05, 0.1) is 25.7 Å². The zero-order valence-electron chi connectivity index (χ0n) is 17.6. The summed E-state index contributed by atoms with van der Waals surface area (Å²) in [7, 11) is 3.02. The number of aryl methyl sites for hydroxylation is 1. The highest BCUT2D eigenvalue weighted by molar-refractivity contribution is 7.12. The molecule has 1 fully saturated rings. The summed E-state index contributed by atoms with van der Waals surface area (Å²) in [5.41, 5.74) is 3.08. The van der Waals surface area contributed by atoms with Crippen LogP contribution in [0.15, 0.2) is 52.7 Å². The van der Waals surface area contributed by atoms with Gasteiger partial charge < -0.3 is 9.47 Å². The molecule has 0 spiro atoms. The lowest BCUT2D eigenvalue weighted by atomic mass is 9.67. The molecule has 5 nitrogen and oxygen atoms in total. The maximum Gasteiger partial charge on any atom is 0.336 e. The molecule has 1 aromatic carbocycles. The SMILES string of the molecule is COC(=O)C1=C(C)N=C2C[C@H](c3cccc(OC)c3)CC(=O)C2[C@@H]1c1ccc(C)s1. The average molecular weight is 424 g/mol. The fourth-order valence-electron chi connectivity index (χ4n) is 4.61. The molecule has 0 saturated heterocycles. The molecule has 1 aliphatic carbocycles. The minimum absolute atomic E-state index is 0.0563. The zero-order chi connectivity index (χ0) is 21.4. The number of hydrogen-bond acceptors (Lipinski definition) is 6. The summed E-state index contributed by atoms with van der Waals surface area (Å²) in [6, 6.07) is 11.9. The topological polar surface area (TPSA) is 65.0 Å². The van der Waals surface area contributed by atoms with Gasteiger partial charge in [-0.3, -0.25) is 9.79 Å². The van der Waals surface area contributed by atoms with E-state index < -0.39 is 11.9 Å². The molecule has 4 rings (SSSR count). The molecule has 0 amide bonds. The molecule has 0 radical (unpaired) electrons. The number of nitrogens with zero attached hydrogens (tertiary/aromatic N) is 1. The Morgan fingerprint density at radius 1 is 1.10 bits per heavy atom. The second-order valence-corrected chi connectivity index (χ2v) is 9.17. The molecule has 30 heavy (non-hydrogen) atoms.